The van der Waals surface area contributed by atoms with E-state index >= 15 is 0 Å². The number of rotatable bonds is 2. The van der Waals surface area contributed by atoms with E-state index in [1.165, 1.54) is 12.8 Å². The maximum atomic E-state index is 11.8. The van der Waals surface area contributed by atoms with Crippen LogP contribution in [0.3, 0.4) is 0 Å². The fourth-order valence-corrected chi connectivity index (χ4v) is 2.48. The molecule has 1 unspecified atom stereocenters. The second-order valence-corrected chi connectivity index (χ2v) is 4.46. The van der Waals surface area contributed by atoms with Crippen molar-refractivity contribution in [1.29, 1.82) is 0 Å². The number of likely N-dealkylation sites (tertiary alicyclic amines) is 1. The van der Waals surface area contributed by atoms with Crippen LogP contribution in [0.15, 0.2) is 0 Å². The van der Waals surface area contributed by atoms with Gasteiger partial charge in [0, 0.05) is 6.54 Å². The van der Waals surface area contributed by atoms with Gasteiger partial charge in [-0.25, -0.2) is 4.79 Å². The minimum atomic E-state index is -0.224. The van der Waals surface area contributed by atoms with Crippen LogP contribution in [0, 0.1) is 0 Å². The van der Waals surface area contributed by atoms with E-state index in [1.807, 2.05) is 0 Å². The second-order valence-electron chi connectivity index (χ2n) is 4.46. The molecule has 0 spiro atoms. The van der Waals surface area contributed by atoms with Crippen LogP contribution in [-0.2, 0) is 4.74 Å². The van der Waals surface area contributed by atoms with Crippen LogP contribution in [0.2, 0.25) is 0 Å². The van der Waals surface area contributed by atoms with Crippen LogP contribution >= 0.6 is 0 Å². The predicted molar refractivity (Wildman–Crippen MR) is 55.6 cm³/mol. The third kappa shape index (κ3) is 2.43. The van der Waals surface area contributed by atoms with Gasteiger partial charge in [-0.2, -0.15) is 0 Å². The maximum absolute atomic E-state index is 11.8. The molecule has 0 aromatic heterocycles. The normalized spacial score (nSPS) is 27.3. The third-order valence-electron chi connectivity index (χ3n) is 3.39. The van der Waals surface area contributed by atoms with Gasteiger partial charge in [-0.1, -0.05) is 0 Å². The van der Waals surface area contributed by atoms with Gasteiger partial charge in [-0.3, -0.25) is 0 Å². The lowest BCUT2D eigenvalue weighted by Gasteiger charge is -2.24. The Morgan fingerprint density at radius 3 is 2.67 bits per heavy atom. The summed E-state index contributed by atoms with van der Waals surface area (Å²) in [4.78, 5) is 13.4. The van der Waals surface area contributed by atoms with Crippen molar-refractivity contribution in [1.82, 2.24) is 4.90 Å². The van der Waals surface area contributed by atoms with E-state index in [9.17, 15) is 4.79 Å². The molecule has 1 saturated heterocycles. The maximum Gasteiger partial charge on any atom is 0.410 e. The van der Waals surface area contributed by atoms with E-state index in [-0.39, 0.29) is 24.8 Å². The highest BCUT2D eigenvalue weighted by Gasteiger charge is 2.31. The first-order valence-corrected chi connectivity index (χ1v) is 5.89. The van der Waals surface area contributed by atoms with Crippen molar-refractivity contribution < 1.29 is 14.6 Å². The number of hydrogen-bond acceptors (Lipinski definition) is 3. The Morgan fingerprint density at radius 1 is 1.27 bits per heavy atom. The van der Waals surface area contributed by atoms with Crippen molar-refractivity contribution in [3.63, 3.8) is 0 Å². The second kappa shape index (κ2) is 4.84. The van der Waals surface area contributed by atoms with Gasteiger partial charge in [-0.15, -0.1) is 0 Å². The fourth-order valence-electron chi connectivity index (χ4n) is 2.48. The SMILES string of the molecule is O=C(OC1CCCC1)N1CCCC1CO. The van der Waals surface area contributed by atoms with Gasteiger partial charge in [0.25, 0.3) is 0 Å². The third-order valence-corrected chi connectivity index (χ3v) is 3.39. The largest absolute Gasteiger partial charge is 0.446 e. The molecule has 0 bridgehead atoms. The lowest BCUT2D eigenvalue weighted by Crippen LogP contribution is -2.39. The Morgan fingerprint density at radius 2 is 2.00 bits per heavy atom. The van der Waals surface area contributed by atoms with Crippen molar-refractivity contribution in [2.24, 2.45) is 0 Å². The van der Waals surface area contributed by atoms with Crippen LogP contribution in [0.5, 0.6) is 0 Å². The monoisotopic (exact) mass is 213 g/mol. The van der Waals surface area contributed by atoms with Crippen molar-refractivity contribution in [3.8, 4) is 0 Å². The summed E-state index contributed by atoms with van der Waals surface area (Å²) in [5, 5.41) is 9.10. The molecule has 0 aromatic rings. The zero-order valence-corrected chi connectivity index (χ0v) is 9.02. The highest BCUT2D eigenvalue weighted by Crippen LogP contribution is 2.24. The molecule has 1 N–H and O–H groups in total. The highest BCUT2D eigenvalue weighted by molar-refractivity contribution is 5.68. The molecule has 1 aliphatic carbocycles. The molecule has 86 valence electrons. The van der Waals surface area contributed by atoms with Crippen LogP contribution in [0.25, 0.3) is 0 Å². The molecule has 0 radical (unpaired) electrons. The van der Waals surface area contributed by atoms with E-state index in [2.05, 4.69) is 0 Å². The van der Waals surface area contributed by atoms with Gasteiger partial charge in [0.2, 0.25) is 0 Å². The summed E-state index contributed by atoms with van der Waals surface area (Å²) < 4.78 is 5.40. The topological polar surface area (TPSA) is 49.8 Å². The summed E-state index contributed by atoms with van der Waals surface area (Å²) in [6.07, 6.45) is 6.12. The van der Waals surface area contributed by atoms with E-state index < -0.39 is 0 Å². The molecular weight excluding hydrogens is 194 g/mol. The molecule has 4 heteroatoms. The molecule has 2 rings (SSSR count). The van der Waals surface area contributed by atoms with Crippen molar-refractivity contribution in [2.75, 3.05) is 13.2 Å². The zero-order valence-electron chi connectivity index (χ0n) is 9.02. The predicted octanol–water partition coefficient (Wildman–Crippen LogP) is 1.52. The van der Waals surface area contributed by atoms with Gasteiger partial charge in [0.05, 0.1) is 12.6 Å². The number of hydrogen-bond donors (Lipinski definition) is 1. The van der Waals surface area contributed by atoms with Crippen LogP contribution < -0.4 is 0 Å². The number of aliphatic hydroxyl groups excluding tert-OH is 1. The lowest BCUT2D eigenvalue weighted by molar-refractivity contribution is 0.0537. The number of carbonyl (C=O) groups is 1. The van der Waals surface area contributed by atoms with Crippen LogP contribution in [-0.4, -0.2) is 41.4 Å². The van der Waals surface area contributed by atoms with Gasteiger partial charge in [-0.05, 0) is 38.5 Å². The molecule has 1 aliphatic heterocycles. The number of carbonyl (C=O) groups excluding carboxylic acids is 1. The minimum absolute atomic E-state index is 0.0149. The summed E-state index contributed by atoms with van der Waals surface area (Å²) in [5.41, 5.74) is 0. The number of amides is 1. The van der Waals surface area contributed by atoms with Gasteiger partial charge in [0.15, 0.2) is 0 Å². The Bertz CT molecular complexity index is 226. The fraction of sp³-hybridized carbons (Fsp3) is 0.909. The van der Waals surface area contributed by atoms with Crippen molar-refractivity contribution >= 4 is 6.09 Å². The van der Waals surface area contributed by atoms with E-state index in [4.69, 9.17) is 9.84 Å². The quantitative estimate of drug-likeness (QED) is 0.756. The van der Waals surface area contributed by atoms with Crippen molar-refractivity contribution in [3.05, 3.63) is 0 Å². The Balaban J connectivity index is 1.83. The molecule has 1 saturated carbocycles. The summed E-state index contributed by atoms with van der Waals surface area (Å²) >= 11 is 0. The molecule has 1 heterocycles. The molecule has 2 aliphatic rings. The molecule has 4 nitrogen and oxygen atoms in total. The van der Waals surface area contributed by atoms with E-state index in [1.54, 1.807) is 4.90 Å². The number of nitrogens with zero attached hydrogens (tertiary/aromatic N) is 1. The van der Waals surface area contributed by atoms with Crippen LogP contribution in [0.1, 0.15) is 38.5 Å². The summed E-state index contributed by atoms with van der Waals surface area (Å²) in [6, 6.07) is -0.0149. The van der Waals surface area contributed by atoms with Gasteiger partial charge in [0.1, 0.15) is 6.10 Å². The zero-order chi connectivity index (χ0) is 10.7. The molecule has 1 amide bonds. The van der Waals surface area contributed by atoms with Gasteiger partial charge < -0.3 is 14.7 Å². The molecule has 0 aromatic carbocycles. The smallest absolute Gasteiger partial charge is 0.410 e. The summed E-state index contributed by atoms with van der Waals surface area (Å²) in [6.45, 7) is 0.788. The number of aliphatic hydroxyl groups is 1. The first-order valence-electron chi connectivity index (χ1n) is 5.89. The highest BCUT2D eigenvalue weighted by atomic mass is 16.6. The standard InChI is InChI=1S/C11H19NO3/c13-8-9-4-3-7-12(9)11(14)15-10-5-1-2-6-10/h9-10,13H,1-8H2. The molecule has 2 fully saturated rings. The summed E-state index contributed by atoms with van der Waals surface area (Å²) in [7, 11) is 0. The van der Waals surface area contributed by atoms with Crippen molar-refractivity contribution in [2.45, 2.75) is 50.7 Å². The Labute approximate surface area is 90.2 Å². The van der Waals surface area contributed by atoms with E-state index in [0.717, 1.165) is 32.2 Å². The first kappa shape index (κ1) is 10.7. The van der Waals surface area contributed by atoms with Gasteiger partial charge >= 0.3 is 6.09 Å². The average molecular weight is 213 g/mol. The summed E-state index contributed by atoms with van der Waals surface area (Å²) in [5.74, 6) is 0. The average Bonchev–Trinajstić information content (AvgIpc) is 2.86. The first-order chi connectivity index (χ1) is 7.31. The lowest BCUT2D eigenvalue weighted by atomic mass is 10.2. The number of ether oxygens (including phenoxy) is 1. The van der Waals surface area contributed by atoms with E-state index in [0.29, 0.717) is 0 Å². The minimum Gasteiger partial charge on any atom is -0.446 e. The Kier molecular flexibility index (Phi) is 3.46. The Hall–Kier alpha value is -0.770. The van der Waals surface area contributed by atoms with Crippen LogP contribution in [0.4, 0.5) is 4.79 Å². The molecule has 15 heavy (non-hydrogen) atoms. The molecular formula is C11H19NO3. The molecule has 1 atom stereocenters.